The Morgan fingerprint density at radius 3 is 2.57 bits per heavy atom. The minimum Gasteiger partial charge on any atom is -0.383 e. The molecule has 0 radical (unpaired) electrons. The number of benzene rings is 1. The van der Waals surface area contributed by atoms with Crippen LogP contribution in [0.4, 0.5) is 5.82 Å². The average molecular weight is 308 g/mol. The molecule has 1 aliphatic heterocycles. The van der Waals surface area contributed by atoms with Gasteiger partial charge in [-0.05, 0) is 26.0 Å². The van der Waals surface area contributed by atoms with Crippen molar-refractivity contribution < 1.29 is 0 Å². The number of hydrogen-bond donors (Lipinski definition) is 2. The van der Waals surface area contributed by atoms with Crippen molar-refractivity contribution in [1.29, 1.82) is 0 Å². The molecule has 1 aliphatic rings. The molecule has 0 amide bonds. The summed E-state index contributed by atoms with van der Waals surface area (Å²) in [6.45, 7) is 7.20. The van der Waals surface area contributed by atoms with Gasteiger partial charge in [0.25, 0.3) is 0 Å². The second-order valence-corrected chi connectivity index (χ2v) is 5.71. The summed E-state index contributed by atoms with van der Waals surface area (Å²) in [4.78, 5) is 11.5. The first kappa shape index (κ1) is 15.9. The lowest BCUT2D eigenvalue weighted by Crippen LogP contribution is -2.53. The smallest absolute Gasteiger partial charge is 0.145 e. The summed E-state index contributed by atoms with van der Waals surface area (Å²) >= 11 is 0. The van der Waals surface area contributed by atoms with Crippen molar-refractivity contribution in [3.8, 4) is 0 Å². The highest BCUT2D eigenvalue weighted by Crippen LogP contribution is 2.18. The zero-order chi connectivity index (χ0) is 14.1. The molecule has 0 aliphatic carbocycles. The number of halogens is 1. The van der Waals surface area contributed by atoms with Gasteiger partial charge >= 0.3 is 0 Å². The van der Waals surface area contributed by atoms with E-state index in [2.05, 4.69) is 34.0 Å². The molecule has 3 rings (SSSR count). The minimum absolute atomic E-state index is 0. The van der Waals surface area contributed by atoms with Gasteiger partial charge < -0.3 is 11.1 Å². The Hall–Kier alpha value is -1.43. The van der Waals surface area contributed by atoms with E-state index in [4.69, 9.17) is 5.73 Å². The predicted octanol–water partition coefficient (Wildman–Crippen LogP) is 1.82. The van der Waals surface area contributed by atoms with E-state index in [0.29, 0.717) is 17.9 Å². The highest BCUT2D eigenvalue weighted by atomic mass is 35.5. The number of fused-ring (bicyclic) bond motifs is 1. The van der Waals surface area contributed by atoms with Gasteiger partial charge in [0.1, 0.15) is 11.6 Å². The van der Waals surface area contributed by atoms with E-state index in [9.17, 15) is 0 Å². The molecule has 1 saturated heterocycles. The molecule has 2 heterocycles. The Morgan fingerprint density at radius 2 is 1.86 bits per heavy atom. The zero-order valence-electron chi connectivity index (χ0n) is 12.4. The highest BCUT2D eigenvalue weighted by molar-refractivity contribution is 5.87. The molecule has 1 aromatic carbocycles. The van der Waals surface area contributed by atoms with Crippen LogP contribution in [0.1, 0.15) is 19.7 Å². The number of rotatable bonds is 2. The van der Waals surface area contributed by atoms with Gasteiger partial charge in [0.2, 0.25) is 0 Å². The summed E-state index contributed by atoms with van der Waals surface area (Å²) in [5, 5.41) is 4.46. The largest absolute Gasteiger partial charge is 0.383 e. The third-order valence-electron chi connectivity index (χ3n) is 3.68. The van der Waals surface area contributed by atoms with Crippen LogP contribution in [0.15, 0.2) is 24.3 Å². The molecule has 21 heavy (non-hydrogen) atoms. The van der Waals surface area contributed by atoms with E-state index in [1.54, 1.807) is 0 Å². The van der Waals surface area contributed by atoms with Crippen LogP contribution in [0.25, 0.3) is 10.9 Å². The fraction of sp³-hybridized carbons (Fsp3) is 0.467. The predicted molar refractivity (Wildman–Crippen MR) is 88.5 cm³/mol. The SMILES string of the molecule is CC1CN(Cc2nc(N)c3ccccc3n2)CC(C)N1.Cl. The van der Waals surface area contributed by atoms with Gasteiger partial charge in [-0.3, -0.25) is 4.90 Å². The maximum atomic E-state index is 6.03. The quantitative estimate of drug-likeness (QED) is 0.886. The van der Waals surface area contributed by atoms with E-state index < -0.39 is 0 Å². The van der Waals surface area contributed by atoms with Gasteiger partial charge in [-0.25, -0.2) is 9.97 Å². The standard InChI is InChI=1S/C15H21N5.ClH/c1-10-7-20(8-11(2)17-10)9-14-18-13-6-4-3-5-12(13)15(16)19-14;/h3-6,10-11,17H,7-9H2,1-2H3,(H2,16,18,19);1H. The van der Waals surface area contributed by atoms with Crippen molar-refractivity contribution in [3.63, 3.8) is 0 Å². The number of nitrogens with one attached hydrogen (secondary N) is 1. The number of piperazine rings is 1. The molecular weight excluding hydrogens is 286 g/mol. The van der Waals surface area contributed by atoms with Crippen LogP contribution in [0, 0.1) is 0 Å². The maximum Gasteiger partial charge on any atom is 0.145 e. The Morgan fingerprint density at radius 1 is 1.19 bits per heavy atom. The van der Waals surface area contributed by atoms with Gasteiger partial charge in [-0.15, -0.1) is 12.4 Å². The molecule has 6 heteroatoms. The van der Waals surface area contributed by atoms with E-state index in [1.807, 2.05) is 24.3 Å². The number of nitrogens with zero attached hydrogens (tertiary/aromatic N) is 3. The molecule has 3 N–H and O–H groups in total. The van der Waals surface area contributed by atoms with Crippen LogP contribution < -0.4 is 11.1 Å². The fourth-order valence-electron chi connectivity index (χ4n) is 2.99. The maximum absolute atomic E-state index is 6.03. The minimum atomic E-state index is 0. The van der Waals surface area contributed by atoms with Gasteiger partial charge in [0.05, 0.1) is 12.1 Å². The van der Waals surface area contributed by atoms with E-state index in [0.717, 1.165) is 36.4 Å². The lowest BCUT2D eigenvalue weighted by atomic mass is 10.1. The second kappa shape index (κ2) is 6.56. The third-order valence-corrected chi connectivity index (χ3v) is 3.68. The summed E-state index contributed by atoms with van der Waals surface area (Å²) in [7, 11) is 0. The molecule has 1 aromatic heterocycles. The van der Waals surface area contributed by atoms with E-state index in [1.165, 1.54) is 0 Å². The summed E-state index contributed by atoms with van der Waals surface area (Å²) in [5.41, 5.74) is 6.96. The average Bonchev–Trinajstić information content (AvgIpc) is 2.37. The van der Waals surface area contributed by atoms with Crippen LogP contribution in [0.5, 0.6) is 0 Å². The first-order valence-electron chi connectivity index (χ1n) is 7.11. The fourth-order valence-corrected chi connectivity index (χ4v) is 2.99. The number of nitrogen functional groups attached to an aromatic ring is 1. The van der Waals surface area contributed by atoms with Crippen LogP contribution in [0.3, 0.4) is 0 Å². The molecule has 2 aromatic rings. The zero-order valence-corrected chi connectivity index (χ0v) is 13.2. The van der Waals surface area contributed by atoms with Crippen molar-refractivity contribution in [3.05, 3.63) is 30.1 Å². The summed E-state index contributed by atoms with van der Waals surface area (Å²) in [6.07, 6.45) is 0. The molecule has 114 valence electrons. The number of aromatic nitrogens is 2. The first-order chi connectivity index (χ1) is 9.61. The summed E-state index contributed by atoms with van der Waals surface area (Å²) in [5.74, 6) is 1.38. The van der Waals surface area contributed by atoms with Gasteiger partial charge in [-0.1, -0.05) is 12.1 Å². The van der Waals surface area contributed by atoms with Crippen LogP contribution in [-0.4, -0.2) is 40.0 Å². The molecule has 2 atom stereocenters. The van der Waals surface area contributed by atoms with Crippen molar-refractivity contribution in [2.24, 2.45) is 0 Å². The monoisotopic (exact) mass is 307 g/mol. The summed E-state index contributed by atoms with van der Waals surface area (Å²) in [6, 6.07) is 8.88. The molecule has 5 nitrogen and oxygen atoms in total. The summed E-state index contributed by atoms with van der Waals surface area (Å²) < 4.78 is 0. The van der Waals surface area contributed by atoms with E-state index >= 15 is 0 Å². The number of nitrogens with two attached hydrogens (primary N) is 1. The van der Waals surface area contributed by atoms with Crippen molar-refractivity contribution in [2.45, 2.75) is 32.5 Å². The molecule has 2 unspecified atom stereocenters. The first-order valence-corrected chi connectivity index (χ1v) is 7.11. The third kappa shape index (κ3) is 3.61. The van der Waals surface area contributed by atoms with Crippen molar-refractivity contribution >= 4 is 29.1 Å². The Bertz CT molecular complexity index is 608. The lowest BCUT2D eigenvalue weighted by Gasteiger charge is -2.35. The number of para-hydroxylation sites is 1. The molecule has 0 bridgehead atoms. The van der Waals surface area contributed by atoms with Crippen LogP contribution >= 0.6 is 12.4 Å². The Balaban J connectivity index is 0.00000161. The number of anilines is 1. The number of hydrogen-bond acceptors (Lipinski definition) is 5. The Kier molecular flexibility index (Phi) is 4.98. The van der Waals surface area contributed by atoms with E-state index in [-0.39, 0.29) is 12.4 Å². The molecule has 0 saturated carbocycles. The lowest BCUT2D eigenvalue weighted by molar-refractivity contribution is 0.163. The molecule has 0 spiro atoms. The van der Waals surface area contributed by atoms with Crippen LogP contribution in [0.2, 0.25) is 0 Å². The van der Waals surface area contributed by atoms with Crippen LogP contribution in [-0.2, 0) is 6.54 Å². The highest BCUT2D eigenvalue weighted by Gasteiger charge is 2.21. The second-order valence-electron chi connectivity index (χ2n) is 5.71. The van der Waals surface area contributed by atoms with Gasteiger partial charge in [0.15, 0.2) is 0 Å². The Labute approximate surface area is 131 Å². The van der Waals surface area contributed by atoms with Crippen molar-refractivity contribution in [1.82, 2.24) is 20.2 Å². The van der Waals surface area contributed by atoms with Crippen molar-refractivity contribution in [2.75, 3.05) is 18.8 Å². The normalized spacial score (nSPS) is 23.0. The van der Waals surface area contributed by atoms with Gasteiger partial charge in [0, 0.05) is 30.6 Å². The topological polar surface area (TPSA) is 67.1 Å². The van der Waals surface area contributed by atoms with Gasteiger partial charge in [-0.2, -0.15) is 0 Å². The molecular formula is C15H22ClN5. The molecule has 1 fully saturated rings.